The third-order valence-electron chi connectivity index (χ3n) is 15.2. The second-order valence-electron chi connectivity index (χ2n) is 17.4. The van der Waals surface area contributed by atoms with E-state index in [0.29, 0.717) is 36.1 Å². The van der Waals surface area contributed by atoms with Gasteiger partial charge in [-0.1, -0.05) is 52.8 Å². The summed E-state index contributed by atoms with van der Waals surface area (Å²) in [6.07, 6.45) is 14.3. The van der Waals surface area contributed by atoms with Crippen LogP contribution in [0.25, 0.3) is 5.57 Å². The number of hydrogen-bond acceptors (Lipinski definition) is 3. The largest absolute Gasteiger partial charge is 0.478 e. The number of hydrogen-bond donors (Lipinski definition) is 2. The molecule has 0 aliphatic heterocycles. The molecule has 9 atom stereocenters. The summed E-state index contributed by atoms with van der Waals surface area (Å²) in [5.74, 6) is 0.645. The van der Waals surface area contributed by atoms with Gasteiger partial charge in [-0.15, -0.1) is 6.58 Å². The number of amides is 1. The number of nitrogens with one attached hydrogen (secondary N) is 1. The Morgan fingerprint density at radius 3 is 2.39 bits per heavy atom. The molecule has 4 fully saturated rings. The molecule has 0 bridgehead atoms. The van der Waals surface area contributed by atoms with Crippen LogP contribution in [0.1, 0.15) is 108 Å². The molecule has 252 valence electrons. The molecule has 0 spiro atoms. The third-order valence-corrected chi connectivity index (χ3v) is 15.2. The van der Waals surface area contributed by atoms with E-state index in [1.165, 1.54) is 31.4 Å². The Morgan fingerprint density at radius 2 is 1.74 bits per heavy atom. The van der Waals surface area contributed by atoms with Crippen molar-refractivity contribution < 1.29 is 19.1 Å². The van der Waals surface area contributed by atoms with Gasteiger partial charge in [-0.25, -0.2) is 9.18 Å². The molecule has 1 aromatic carbocycles. The summed E-state index contributed by atoms with van der Waals surface area (Å²) in [6.45, 7) is 18.3. The van der Waals surface area contributed by atoms with Crippen molar-refractivity contribution in [1.29, 1.82) is 0 Å². The smallest absolute Gasteiger partial charge is 0.338 e. The van der Waals surface area contributed by atoms with Gasteiger partial charge in [-0.3, -0.25) is 4.79 Å². The maximum Gasteiger partial charge on any atom is 0.338 e. The number of benzene rings is 1. The van der Waals surface area contributed by atoms with Crippen LogP contribution in [-0.4, -0.2) is 49.1 Å². The summed E-state index contributed by atoms with van der Waals surface area (Å²) >= 11 is 0. The van der Waals surface area contributed by atoms with Gasteiger partial charge in [0, 0.05) is 13.1 Å². The van der Waals surface area contributed by atoms with E-state index < -0.39 is 11.8 Å². The Labute approximate surface area is 276 Å². The molecular weight excluding hydrogens is 575 g/mol. The zero-order valence-corrected chi connectivity index (χ0v) is 29.3. The first-order chi connectivity index (χ1) is 21.6. The molecule has 4 saturated carbocycles. The number of aromatic carboxylic acids is 1. The van der Waals surface area contributed by atoms with E-state index in [4.69, 9.17) is 0 Å². The number of halogens is 1. The topological polar surface area (TPSA) is 69.6 Å². The van der Waals surface area contributed by atoms with Gasteiger partial charge in [0.15, 0.2) is 0 Å². The monoisotopic (exact) mass is 632 g/mol. The zero-order valence-electron chi connectivity index (χ0n) is 29.3. The summed E-state index contributed by atoms with van der Waals surface area (Å²) in [6, 6.07) is 4.65. The van der Waals surface area contributed by atoms with Gasteiger partial charge in [-0.05, 0) is 146 Å². The van der Waals surface area contributed by atoms with Crippen molar-refractivity contribution in [2.24, 2.45) is 56.7 Å². The highest BCUT2D eigenvalue weighted by atomic mass is 19.1. The average molecular weight is 633 g/mol. The van der Waals surface area contributed by atoms with Crippen molar-refractivity contribution >= 4 is 17.4 Å². The number of carbonyl (C=O) groups is 2. The zero-order chi connectivity index (χ0) is 33.4. The van der Waals surface area contributed by atoms with Gasteiger partial charge in [-0.2, -0.15) is 0 Å². The lowest BCUT2D eigenvalue weighted by molar-refractivity contribution is -0.224. The number of fused-ring (bicyclic) bond motifs is 7. The van der Waals surface area contributed by atoms with Crippen LogP contribution in [0.3, 0.4) is 0 Å². The fourth-order valence-corrected chi connectivity index (χ4v) is 12.8. The van der Waals surface area contributed by atoms with E-state index >= 15 is 0 Å². The fourth-order valence-electron chi connectivity index (χ4n) is 12.8. The lowest BCUT2D eigenvalue weighted by atomic mass is 9.32. The van der Waals surface area contributed by atoms with Crippen molar-refractivity contribution in [2.75, 3.05) is 27.2 Å². The Balaban J connectivity index is 1.32. The van der Waals surface area contributed by atoms with E-state index in [2.05, 4.69) is 77.7 Å². The molecule has 2 N–H and O–H groups in total. The minimum Gasteiger partial charge on any atom is -0.478 e. The first-order valence-electron chi connectivity index (χ1n) is 17.9. The minimum atomic E-state index is -1.23. The lowest BCUT2D eigenvalue weighted by Gasteiger charge is -2.72. The van der Waals surface area contributed by atoms with Gasteiger partial charge < -0.3 is 15.3 Å². The highest BCUT2D eigenvalue weighted by Crippen LogP contribution is 2.77. The van der Waals surface area contributed by atoms with E-state index in [1.807, 2.05) is 0 Å². The Hall–Kier alpha value is -2.47. The molecule has 5 nitrogen and oxygen atoms in total. The van der Waals surface area contributed by atoms with Crippen LogP contribution < -0.4 is 5.32 Å². The number of nitrogens with zero attached hydrogens (tertiary/aromatic N) is 1. The Morgan fingerprint density at radius 1 is 1.00 bits per heavy atom. The van der Waals surface area contributed by atoms with Gasteiger partial charge in [0.05, 0.1) is 11.0 Å². The Kier molecular flexibility index (Phi) is 8.22. The molecule has 0 radical (unpaired) electrons. The number of rotatable bonds is 7. The molecule has 1 amide bonds. The summed E-state index contributed by atoms with van der Waals surface area (Å²) in [4.78, 5) is 27.7. The van der Waals surface area contributed by atoms with Crippen molar-refractivity contribution in [3.05, 3.63) is 53.9 Å². The normalized spacial score (nSPS) is 41.0. The molecule has 6 heteroatoms. The lowest BCUT2D eigenvalue weighted by Crippen LogP contribution is -2.66. The van der Waals surface area contributed by atoms with Crippen LogP contribution >= 0.6 is 0 Å². The third kappa shape index (κ3) is 4.62. The second-order valence-corrected chi connectivity index (χ2v) is 17.4. The highest BCUT2D eigenvalue weighted by Gasteiger charge is 2.71. The van der Waals surface area contributed by atoms with Gasteiger partial charge in [0.2, 0.25) is 5.91 Å². The van der Waals surface area contributed by atoms with Crippen molar-refractivity contribution in [2.45, 2.75) is 92.4 Å². The van der Waals surface area contributed by atoms with Crippen molar-refractivity contribution in [3.63, 3.8) is 0 Å². The first-order valence-corrected chi connectivity index (χ1v) is 17.9. The number of carbonyl (C=O) groups excluding carboxylic acids is 1. The molecule has 46 heavy (non-hydrogen) atoms. The second kappa shape index (κ2) is 11.3. The van der Waals surface area contributed by atoms with Crippen LogP contribution in [0.5, 0.6) is 0 Å². The van der Waals surface area contributed by atoms with E-state index in [9.17, 15) is 19.1 Å². The van der Waals surface area contributed by atoms with E-state index in [1.54, 1.807) is 6.07 Å². The Bertz CT molecular complexity index is 1450. The molecule has 5 aliphatic rings. The molecule has 0 aromatic heterocycles. The maximum atomic E-state index is 14.9. The molecule has 5 aliphatic carbocycles. The predicted octanol–water partition coefficient (Wildman–Crippen LogP) is 8.46. The van der Waals surface area contributed by atoms with E-state index in [0.717, 1.165) is 56.2 Å². The van der Waals surface area contributed by atoms with Crippen molar-refractivity contribution in [3.8, 4) is 0 Å². The molecule has 0 saturated heterocycles. The van der Waals surface area contributed by atoms with Gasteiger partial charge >= 0.3 is 5.97 Å². The van der Waals surface area contributed by atoms with Crippen LogP contribution in [0.15, 0.2) is 36.9 Å². The molecule has 1 aromatic rings. The van der Waals surface area contributed by atoms with Gasteiger partial charge in [0.25, 0.3) is 0 Å². The summed E-state index contributed by atoms with van der Waals surface area (Å²) in [7, 11) is 4.11. The number of allylic oxidation sites excluding steroid dienone is 3. The molecule has 0 heterocycles. The predicted molar refractivity (Wildman–Crippen MR) is 183 cm³/mol. The summed E-state index contributed by atoms with van der Waals surface area (Å²) < 4.78 is 14.9. The first kappa shape index (κ1) is 33.4. The fraction of sp³-hybridized carbons (Fsp3) is 0.700. The average Bonchev–Trinajstić information content (AvgIpc) is 3.37. The molecule has 6 rings (SSSR count). The van der Waals surface area contributed by atoms with Crippen molar-refractivity contribution in [1.82, 2.24) is 10.2 Å². The van der Waals surface area contributed by atoms with E-state index in [-0.39, 0.29) is 38.5 Å². The standard InChI is InChI=1S/C40H57FN2O3/c1-9-25-14-19-40(35(46)42-22-23-43(7)8)21-20-38(5)29(33(25)40)12-13-32-37(4)17-15-28(26-10-11-27(34(44)45)30(41)24-26)36(2,3)31(37)16-18-39(32,38)6/h9-11,15,24-25,29,31-33H,1,12-14,16-23H2,2-8H3,(H,42,46)(H,44,45)/t25-,29-,31+,32-,33-,37+,38-,39-,40+/m1/s1. The molecule has 0 unspecified atom stereocenters. The SMILES string of the molecule is C=C[C@@H]1CC[C@]2(C(=O)NCCN(C)C)CC[C@]3(C)[C@H](CC[C@@H]4[C@@]5(C)CC=C(c6ccc(C(=O)O)c(F)c6)C(C)(C)[C@@H]5CC[C@]43C)[C@@H]12. The maximum absolute atomic E-state index is 14.9. The van der Waals surface area contributed by atoms with Crippen LogP contribution in [0.2, 0.25) is 0 Å². The quantitative estimate of drug-likeness (QED) is 0.296. The van der Waals surface area contributed by atoms with Crippen LogP contribution in [0.4, 0.5) is 4.39 Å². The number of carboxylic acids is 1. The van der Waals surface area contributed by atoms with Crippen LogP contribution in [-0.2, 0) is 4.79 Å². The minimum absolute atomic E-state index is 0.110. The summed E-state index contributed by atoms with van der Waals surface area (Å²) in [5.41, 5.74) is 1.66. The summed E-state index contributed by atoms with van der Waals surface area (Å²) in [5, 5.41) is 12.8. The number of likely N-dealkylation sites (N-methyl/N-ethyl adjacent to an activating group) is 1. The highest BCUT2D eigenvalue weighted by molar-refractivity contribution is 5.88. The van der Waals surface area contributed by atoms with Gasteiger partial charge in [0.1, 0.15) is 5.82 Å². The molecular formula is C40H57FN2O3. The van der Waals surface area contributed by atoms with Crippen LogP contribution in [0, 0.1) is 62.5 Å². The number of carboxylic acid groups (broad SMARTS) is 1.